The zero-order valence-corrected chi connectivity index (χ0v) is 11.0. The summed E-state index contributed by atoms with van der Waals surface area (Å²) in [5.41, 5.74) is 7.23. The molecule has 0 unspecified atom stereocenters. The van der Waals surface area contributed by atoms with Crippen molar-refractivity contribution in [3.63, 3.8) is 0 Å². The number of nitrogens with two attached hydrogens (primary N) is 1. The molecule has 88 valence electrons. The van der Waals surface area contributed by atoms with Gasteiger partial charge in [0.25, 0.3) is 0 Å². The quantitative estimate of drug-likeness (QED) is 0.875. The Labute approximate surface area is 105 Å². The van der Waals surface area contributed by atoms with Gasteiger partial charge in [-0.1, -0.05) is 31.4 Å². The van der Waals surface area contributed by atoms with Crippen molar-refractivity contribution in [2.75, 3.05) is 6.54 Å². The standard InChI is InChI=1S/C13H18BrNO/c14-12-10(5-4-6-11(12)16)13(9-15)7-2-1-3-8-13/h4-6,16H,1-3,7-9,15H2. The van der Waals surface area contributed by atoms with E-state index in [-0.39, 0.29) is 5.41 Å². The third-order valence-electron chi connectivity index (χ3n) is 3.75. The number of benzene rings is 1. The number of phenolic OH excluding ortho intramolecular Hbond substituents is 1. The molecule has 1 aromatic rings. The molecule has 0 bridgehead atoms. The van der Waals surface area contributed by atoms with Gasteiger partial charge in [0, 0.05) is 12.0 Å². The highest BCUT2D eigenvalue weighted by molar-refractivity contribution is 9.10. The van der Waals surface area contributed by atoms with Gasteiger partial charge in [-0.15, -0.1) is 0 Å². The van der Waals surface area contributed by atoms with E-state index in [1.807, 2.05) is 6.07 Å². The van der Waals surface area contributed by atoms with Crippen molar-refractivity contribution in [1.29, 1.82) is 0 Å². The van der Waals surface area contributed by atoms with Gasteiger partial charge in [0.1, 0.15) is 5.75 Å². The number of rotatable bonds is 2. The SMILES string of the molecule is NCC1(c2cccc(O)c2Br)CCCCC1. The first-order chi connectivity index (χ1) is 7.69. The minimum Gasteiger partial charge on any atom is -0.507 e. The fraction of sp³-hybridized carbons (Fsp3) is 0.538. The lowest BCUT2D eigenvalue weighted by molar-refractivity contribution is 0.298. The molecule has 0 amide bonds. The van der Waals surface area contributed by atoms with E-state index in [1.165, 1.54) is 24.8 Å². The molecule has 0 saturated heterocycles. The van der Waals surface area contributed by atoms with Crippen LogP contribution in [0.3, 0.4) is 0 Å². The first kappa shape index (κ1) is 11.9. The van der Waals surface area contributed by atoms with E-state index >= 15 is 0 Å². The highest BCUT2D eigenvalue weighted by Crippen LogP contribution is 2.43. The second-order valence-corrected chi connectivity index (χ2v) is 5.48. The summed E-state index contributed by atoms with van der Waals surface area (Å²) in [7, 11) is 0. The van der Waals surface area contributed by atoms with E-state index < -0.39 is 0 Å². The van der Waals surface area contributed by atoms with Crippen molar-refractivity contribution in [2.45, 2.75) is 37.5 Å². The van der Waals surface area contributed by atoms with Crippen LogP contribution in [0.1, 0.15) is 37.7 Å². The minimum absolute atomic E-state index is 0.0653. The normalized spacial score (nSPS) is 19.6. The van der Waals surface area contributed by atoms with Gasteiger partial charge in [-0.25, -0.2) is 0 Å². The van der Waals surface area contributed by atoms with E-state index in [4.69, 9.17) is 5.73 Å². The minimum atomic E-state index is 0.0653. The number of halogens is 1. The highest BCUT2D eigenvalue weighted by Gasteiger charge is 2.34. The molecule has 1 aliphatic carbocycles. The molecule has 0 heterocycles. The lowest BCUT2D eigenvalue weighted by Gasteiger charge is -2.37. The summed E-state index contributed by atoms with van der Waals surface area (Å²) < 4.78 is 0.822. The number of hydrogen-bond acceptors (Lipinski definition) is 2. The van der Waals surface area contributed by atoms with Crippen LogP contribution in [0.4, 0.5) is 0 Å². The van der Waals surface area contributed by atoms with Crippen LogP contribution in [-0.4, -0.2) is 11.7 Å². The number of phenols is 1. The maximum atomic E-state index is 9.75. The predicted molar refractivity (Wildman–Crippen MR) is 69.6 cm³/mol. The van der Waals surface area contributed by atoms with Crippen LogP contribution in [0.5, 0.6) is 5.75 Å². The van der Waals surface area contributed by atoms with Crippen LogP contribution in [0.2, 0.25) is 0 Å². The Kier molecular flexibility index (Phi) is 3.55. The molecule has 16 heavy (non-hydrogen) atoms. The van der Waals surface area contributed by atoms with Crippen molar-refractivity contribution in [2.24, 2.45) is 5.73 Å². The molecule has 1 fully saturated rings. The molecule has 1 aliphatic rings. The number of hydrogen-bond donors (Lipinski definition) is 2. The van der Waals surface area contributed by atoms with Crippen molar-refractivity contribution < 1.29 is 5.11 Å². The zero-order chi connectivity index (χ0) is 11.6. The van der Waals surface area contributed by atoms with Gasteiger partial charge in [0.05, 0.1) is 4.47 Å². The van der Waals surface area contributed by atoms with Crippen LogP contribution in [0.25, 0.3) is 0 Å². The lowest BCUT2D eigenvalue weighted by Crippen LogP contribution is -2.37. The monoisotopic (exact) mass is 283 g/mol. The molecule has 1 saturated carbocycles. The number of aromatic hydroxyl groups is 1. The van der Waals surface area contributed by atoms with Gasteiger partial charge in [0.2, 0.25) is 0 Å². The molecule has 3 heteroatoms. The van der Waals surface area contributed by atoms with Gasteiger partial charge in [-0.2, -0.15) is 0 Å². The molecular weight excluding hydrogens is 266 g/mol. The van der Waals surface area contributed by atoms with E-state index in [9.17, 15) is 5.11 Å². The Hall–Kier alpha value is -0.540. The maximum Gasteiger partial charge on any atom is 0.130 e. The third kappa shape index (κ3) is 1.98. The Morgan fingerprint density at radius 1 is 1.25 bits per heavy atom. The fourth-order valence-corrected chi connectivity index (χ4v) is 3.43. The molecule has 2 nitrogen and oxygen atoms in total. The topological polar surface area (TPSA) is 46.2 Å². The first-order valence-corrected chi connectivity index (χ1v) is 6.67. The molecule has 0 spiro atoms. The van der Waals surface area contributed by atoms with E-state index in [0.29, 0.717) is 12.3 Å². The maximum absolute atomic E-state index is 9.75. The molecule has 0 aromatic heterocycles. The van der Waals surface area contributed by atoms with Gasteiger partial charge < -0.3 is 10.8 Å². The largest absolute Gasteiger partial charge is 0.507 e. The Morgan fingerprint density at radius 2 is 1.94 bits per heavy atom. The second-order valence-electron chi connectivity index (χ2n) is 4.68. The average Bonchev–Trinajstić information content (AvgIpc) is 2.33. The summed E-state index contributed by atoms with van der Waals surface area (Å²) in [5.74, 6) is 0.316. The highest BCUT2D eigenvalue weighted by atomic mass is 79.9. The predicted octanol–water partition coefficient (Wildman–Crippen LogP) is 3.32. The summed E-state index contributed by atoms with van der Waals surface area (Å²) >= 11 is 3.49. The van der Waals surface area contributed by atoms with Crippen LogP contribution >= 0.6 is 15.9 Å². The van der Waals surface area contributed by atoms with E-state index in [0.717, 1.165) is 17.3 Å². The van der Waals surface area contributed by atoms with Gasteiger partial charge in [0.15, 0.2) is 0 Å². The Balaban J connectivity index is 2.43. The van der Waals surface area contributed by atoms with Crippen molar-refractivity contribution >= 4 is 15.9 Å². The summed E-state index contributed by atoms with van der Waals surface area (Å²) in [6, 6.07) is 5.70. The lowest BCUT2D eigenvalue weighted by atomic mass is 9.69. The van der Waals surface area contributed by atoms with E-state index in [1.54, 1.807) is 6.07 Å². The summed E-state index contributed by atoms with van der Waals surface area (Å²) in [4.78, 5) is 0. The third-order valence-corrected chi connectivity index (χ3v) is 4.58. The van der Waals surface area contributed by atoms with Crippen LogP contribution in [0.15, 0.2) is 22.7 Å². The second kappa shape index (κ2) is 4.76. The first-order valence-electron chi connectivity index (χ1n) is 5.88. The fourth-order valence-electron chi connectivity index (χ4n) is 2.74. The molecule has 0 radical (unpaired) electrons. The Bertz CT molecular complexity index is 372. The van der Waals surface area contributed by atoms with Crippen LogP contribution in [-0.2, 0) is 5.41 Å². The molecule has 0 atom stereocenters. The van der Waals surface area contributed by atoms with Crippen LogP contribution < -0.4 is 5.73 Å². The van der Waals surface area contributed by atoms with E-state index in [2.05, 4.69) is 22.0 Å². The van der Waals surface area contributed by atoms with Crippen molar-refractivity contribution in [3.05, 3.63) is 28.2 Å². The summed E-state index contributed by atoms with van der Waals surface area (Å²) in [6.07, 6.45) is 6.04. The van der Waals surface area contributed by atoms with Crippen molar-refractivity contribution in [1.82, 2.24) is 0 Å². The van der Waals surface area contributed by atoms with Gasteiger partial charge in [-0.3, -0.25) is 0 Å². The summed E-state index contributed by atoms with van der Waals surface area (Å²) in [5, 5.41) is 9.75. The zero-order valence-electron chi connectivity index (χ0n) is 9.38. The molecule has 3 N–H and O–H groups in total. The molecule has 2 rings (SSSR count). The van der Waals surface area contributed by atoms with Crippen molar-refractivity contribution in [3.8, 4) is 5.75 Å². The average molecular weight is 284 g/mol. The molecular formula is C13H18BrNO. The van der Waals surface area contributed by atoms with Gasteiger partial charge >= 0.3 is 0 Å². The Morgan fingerprint density at radius 3 is 2.56 bits per heavy atom. The van der Waals surface area contributed by atoms with Crippen LogP contribution in [0, 0.1) is 0 Å². The summed E-state index contributed by atoms with van der Waals surface area (Å²) in [6.45, 7) is 0.662. The van der Waals surface area contributed by atoms with Gasteiger partial charge in [-0.05, 0) is 40.4 Å². The molecule has 0 aliphatic heterocycles. The smallest absolute Gasteiger partial charge is 0.130 e. The molecule has 1 aromatic carbocycles.